The van der Waals surface area contributed by atoms with Gasteiger partial charge in [-0.1, -0.05) is 149 Å². The topological polar surface area (TPSA) is 146 Å². The van der Waals surface area contributed by atoms with Crippen LogP contribution in [0.2, 0.25) is 0 Å². The number of nitrogens with zero attached hydrogens (tertiary/aromatic N) is 2. The van der Waals surface area contributed by atoms with E-state index in [0.717, 1.165) is 21.8 Å². The molecule has 0 aliphatic carbocycles. The fraction of sp³-hybridized carbons (Fsp3) is 0.533. The van der Waals surface area contributed by atoms with Gasteiger partial charge < -0.3 is 15.3 Å². The van der Waals surface area contributed by atoms with Crippen molar-refractivity contribution in [3.8, 4) is 0 Å². The van der Waals surface area contributed by atoms with Crippen molar-refractivity contribution >= 4 is 39.2 Å². The van der Waals surface area contributed by atoms with E-state index in [1.165, 1.54) is 18.2 Å². The third-order valence-electron chi connectivity index (χ3n) is 7.57. The molecule has 8 nitrogen and oxygen atoms in total. The Bertz CT molecular complexity index is 1620. The standard InChI is InChI=1S/C12H8N2.3C11H20O2.Eu/c1-3-9-5-6-10-4-2-8-14-12(10)11(9)13-7-1;3*1-10(2,3)8(12)7-9(13)11(4,5)6;/h1-8H;3*7,12H,1-6H3;/q;;;;+3/p-3/b;3*8-7-;. The Labute approximate surface area is 366 Å². The summed E-state index contributed by atoms with van der Waals surface area (Å²) >= 11 is 0. The van der Waals surface area contributed by atoms with E-state index < -0.39 is 32.5 Å². The van der Waals surface area contributed by atoms with Gasteiger partial charge in [-0.05, 0) is 46.6 Å². The van der Waals surface area contributed by atoms with E-state index in [0.29, 0.717) is 0 Å². The Morgan fingerprint density at radius 3 is 0.833 bits per heavy atom. The van der Waals surface area contributed by atoms with Crippen molar-refractivity contribution in [2.24, 2.45) is 32.5 Å². The molecule has 0 aliphatic rings. The number of allylic oxidation sites excluding steroid dienone is 6. The summed E-state index contributed by atoms with van der Waals surface area (Å²) in [6.07, 6.45) is 7.27. The first-order valence-electron chi connectivity index (χ1n) is 18.0. The van der Waals surface area contributed by atoms with Gasteiger partial charge in [-0.15, -0.1) is 17.3 Å². The molecule has 0 saturated heterocycles. The van der Waals surface area contributed by atoms with Crippen molar-refractivity contribution in [2.45, 2.75) is 125 Å². The average molecular weight is 882 g/mol. The van der Waals surface area contributed by atoms with Crippen LogP contribution in [-0.4, -0.2) is 27.3 Å². The number of ketones is 3. The third-order valence-corrected chi connectivity index (χ3v) is 7.57. The molecule has 0 fully saturated rings. The fourth-order valence-corrected chi connectivity index (χ4v) is 3.34. The summed E-state index contributed by atoms with van der Waals surface area (Å²) in [4.78, 5) is 43.0. The zero-order valence-electron chi connectivity index (χ0n) is 36.1. The van der Waals surface area contributed by atoms with Crippen LogP contribution in [0.25, 0.3) is 21.8 Å². The molecule has 9 heteroatoms. The smallest absolute Gasteiger partial charge is 0.875 e. The van der Waals surface area contributed by atoms with Gasteiger partial charge in [0.25, 0.3) is 0 Å². The minimum Gasteiger partial charge on any atom is -0.875 e. The van der Waals surface area contributed by atoms with Gasteiger partial charge in [0.05, 0.1) is 11.0 Å². The van der Waals surface area contributed by atoms with E-state index in [4.69, 9.17) is 0 Å². The largest absolute Gasteiger partial charge is 3.00 e. The molecule has 0 atom stereocenters. The van der Waals surface area contributed by atoms with Gasteiger partial charge in [0.15, 0.2) is 17.3 Å². The Morgan fingerprint density at radius 2 is 0.648 bits per heavy atom. The van der Waals surface area contributed by atoms with Crippen LogP contribution in [0.15, 0.2) is 84.3 Å². The normalized spacial score (nSPS) is 13.3. The summed E-state index contributed by atoms with van der Waals surface area (Å²) in [6.45, 7) is 32.5. The molecule has 1 aromatic carbocycles. The Kier molecular flexibility index (Phi) is 20.7. The number of rotatable bonds is 3. The van der Waals surface area contributed by atoms with Crippen LogP contribution in [0.4, 0.5) is 0 Å². The van der Waals surface area contributed by atoms with Crippen molar-refractivity contribution in [1.82, 2.24) is 9.97 Å². The molecule has 0 amide bonds. The van der Waals surface area contributed by atoms with Gasteiger partial charge in [-0.25, -0.2) is 0 Å². The molecule has 0 spiro atoms. The fourth-order valence-electron chi connectivity index (χ4n) is 3.34. The minimum absolute atomic E-state index is 0. The van der Waals surface area contributed by atoms with Crippen molar-refractivity contribution < 1.29 is 79.1 Å². The summed E-state index contributed by atoms with van der Waals surface area (Å²) in [5.74, 6) is -0.625. The van der Waals surface area contributed by atoms with Crippen LogP contribution in [0.3, 0.4) is 0 Å². The van der Waals surface area contributed by atoms with Crippen LogP contribution in [-0.2, 0) is 14.4 Å². The maximum absolute atomic E-state index is 11.4. The molecule has 3 aromatic rings. The van der Waals surface area contributed by atoms with Crippen molar-refractivity contribution in [3.05, 3.63) is 84.3 Å². The molecule has 3 rings (SSSR count). The quantitative estimate of drug-likeness (QED) is 0.145. The molecule has 2 aromatic heterocycles. The second-order valence-electron chi connectivity index (χ2n) is 19.3. The van der Waals surface area contributed by atoms with Gasteiger partial charge in [0, 0.05) is 39.4 Å². The van der Waals surface area contributed by atoms with Gasteiger partial charge in [-0.2, -0.15) is 0 Å². The summed E-state index contributed by atoms with van der Waals surface area (Å²) in [5.41, 5.74) is -0.790. The minimum atomic E-state index is -0.457. The van der Waals surface area contributed by atoms with Gasteiger partial charge in [0.2, 0.25) is 0 Å². The monoisotopic (exact) mass is 882 g/mol. The first-order chi connectivity index (χ1) is 23.6. The summed E-state index contributed by atoms with van der Waals surface area (Å²) in [6, 6.07) is 12.1. The summed E-state index contributed by atoms with van der Waals surface area (Å²) in [5, 5.41) is 36.6. The molecule has 2 heterocycles. The number of pyridine rings is 2. The maximum Gasteiger partial charge on any atom is 3.00 e. The number of carbonyl (C=O) groups excluding carboxylic acids is 3. The van der Waals surface area contributed by atoms with Crippen LogP contribution in [0.5, 0.6) is 0 Å². The van der Waals surface area contributed by atoms with Crippen LogP contribution < -0.4 is 15.3 Å². The molecule has 0 N–H and O–H groups in total. The SMILES string of the molecule is CC(C)(C)C(=O)/C=C(\[O-])C(C)(C)C.CC(C)(C)C(=O)/C=C(\[O-])C(C)(C)C.CC(C)(C)C(=O)/C=C(\[O-])C(C)(C)C.[Eu+3].c1cnc2c(c1)ccc1cccnc12. The molecule has 298 valence electrons. The molecule has 0 unspecified atom stereocenters. The molecule has 0 saturated carbocycles. The van der Waals surface area contributed by atoms with E-state index in [2.05, 4.69) is 34.2 Å². The zero-order chi connectivity index (χ0) is 42.0. The van der Waals surface area contributed by atoms with Gasteiger partial charge in [-0.3, -0.25) is 24.4 Å². The number of fused-ring (bicyclic) bond motifs is 3. The van der Waals surface area contributed by atoms with E-state index >= 15 is 0 Å². The predicted octanol–water partition coefficient (Wildman–Crippen LogP) is 8.46. The molecule has 0 radical (unpaired) electrons. The Morgan fingerprint density at radius 1 is 0.426 bits per heavy atom. The molecule has 0 aliphatic heterocycles. The number of carbonyl (C=O) groups is 3. The Hall–Kier alpha value is -2.75. The van der Waals surface area contributed by atoms with E-state index in [1.54, 1.807) is 12.4 Å². The first-order valence-corrected chi connectivity index (χ1v) is 18.0. The number of hydrogen-bond acceptors (Lipinski definition) is 8. The first kappa shape index (κ1) is 53.4. The van der Waals surface area contributed by atoms with Crippen molar-refractivity contribution in [2.75, 3.05) is 0 Å². The van der Waals surface area contributed by atoms with Gasteiger partial charge in [0.1, 0.15) is 0 Å². The van der Waals surface area contributed by atoms with Crippen LogP contribution in [0.1, 0.15) is 125 Å². The average Bonchev–Trinajstić information content (AvgIpc) is 2.99. The molecule has 0 bridgehead atoms. The molecule has 54 heavy (non-hydrogen) atoms. The number of hydrogen-bond donors (Lipinski definition) is 0. The van der Waals surface area contributed by atoms with Crippen molar-refractivity contribution in [3.63, 3.8) is 0 Å². The van der Waals surface area contributed by atoms with Crippen LogP contribution >= 0.6 is 0 Å². The van der Waals surface area contributed by atoms with Gasteiger partial charge >= 0.3 is 49.4 Å². The number of aromatic nitrogens is 2. The second kappa shape index (κ2) is 21.0. The Balaban J connectivity index is 0. The van der Waals surface area contributed by atoms with Crippen LogP contribution in [0, 0.1) is 81.9 Å². The number of benzene rings is 1. The second-order valence-corrected chi connectivity index (χ2v) is 19.3. The van der Waals surface area contributed by atoms with E-state index in [9.17, 15) is 29.7 Å². The predicted molar refractivity (Wildman–Crippen MR) is 213 cm³/mol. The maximum atomic E-state index is 11.4. The summed E-state index contributed by atoms with van der Waals surface area (Å²) in [7, 11) is 0. The zero-order valence-corrected chi connectivity index (χ0v) is 38.5. The molecular weight excluding hydrogens is 816 g/mol. The van der Waals surface area contributed by atoms with E-state index in [-0.39, 0.29) is 84.0 Å². The third kappa shape index (κ3) is 19.7. The van der Waals surface area contributed by atoms with E-state index in [1.807, 2.05) is 137 Å². The summed E-state index contributed by atoms with van der Waals surface area (Å²) < 4.78 is 0. The molecular formula is C45H65EuN2O6. The van der Waals surface area contributed by atoms with Crippen molar-refractivity contribution in [1.29, 1.82) is 0 Å².